The van der Waals surface area contributed by atoms with Crippen molar-refractivity contribution in [3.63, 3.8) is 0 Å². The lowest BCUT2D eigenvalue weighted by atomic mass is 10.1. The van der Waals surface area contributed by atoms with Crippen molar-refractivity contribution in [1.29, 1.82) is 0 Å². The molecule has 33 heavy (non-hydrogen) atoms. The monoisotopic (exact) mass is 523 g/mol. The second-order valence-corrected chi connectivity index (χ2v) is 11.2. The van der Waals surface area contributed by atoms with Gasteiger partial charge in [-0.3, -0.25) is 4.57 Å². The lowest BCUT2D eigenvalue weighted by Gasteiger charge is -2.25. The van der Waals surface area contributed by atoms with E-state index in [1.165, 1.54) is 0 Å². The van der Waals surface area contributed by atoms with Crippen molar-refractivity contribution in [1.82, 2.24) is 14.5 Å². The van der Waals surface area contributed by atoms with Crippen LogP contribution in [-0.2, 0) is 32.6 Å². The average molecular weight is 524 g/mol. The molecule has 2 aliphatic heterocycles. The predicted molar refractivity (Wildman–Crippen MR) is 122 cm³/mol. The van der Waals surface area contributed by atoms with Gasteiger partial charge in [-0.1, -0.05) is 11.6 Å². The standard InChI is InChI=1S/C20H28Cl2N3O7P/c1-6-28-33(26,32-11(2)3)10-27-9-13-14-15(31-20(4,5)30-14)18(29-13)25-8-7-12-16(21)23-19(22)24-17(12)25/h7-8,11,13-15,18H,6,9-10H2,1-5H3/t13?,14-,15-,18-,33?/m1/s1. The van der Waals surface area contributed by atoms with Crippen LogP contribution in [0.4, 0.5) is 0 Å². The van der Waals surface area contributed by atoms with Gasteiger partial charge in [0.15, 0.2) is 12.0 Å². The first-order chi connectivity index (χ1) is 15.5. The molecule has 13 heteroatoms. The van der Waals surface area contributed by atoms with Crippen molar-refractivity contribution in [3.8, 4) is 0 Å². The summed E-state index contributed by atoms with van der Waals surface area (Å²) in [5, 5.41) is 0.920. The third-order valence-corrected chi connectivity index (χ3v) is 7.48. The van der Waals surface area contributed by atoms with E-state index in [4.69, 9.17) is 51.2 Å². The van der Waals surface area contributed by atoms with Crippen LogP contribution < -0.4 is 0 Å². The molecular weight excluding hydrogens is 496 g/mol. The number of halogens is 2. The highest BCUT2D eigenvalue weighted by atomic mass is 35.5. The van der Waals surface area contributed by atoms with E-state index in [9.17, 15) is 4.57 Å². The van der Waals surface area contributed by atoms with E-state index in [1.54, 1.807) is 37.6 Å². The summed E-state index contributed by atoms with van der Waals surface area (Å²) >= 11 is 12.3. The molecule has 0 radical (unpaired) electrons. The van der Waals surface area contributed by atoms with E-state index in [1.807, 2.05) is 13.8 Å². The van der Waals surface area contributed by atoms with Gasteiger partial charge in [0.2, 0.25) is 5.28 Å². The molecule has 5 atom stereocenters. The Kier molecular flexibility index (Phi) is 7.42. The number of nitrogens with zero attached hydrogens (tertiary/aromatic N) is 3. The molecular formula is C20H28Cl2N3O7P. The summed E-state index contributed by atoms with van der Waals surface area (Å²) in [4.78, 5) is 8.30. The number of fused-ring (bicyclic) bond motifs is 2. The van der Waals surface area contributed by atoms with E-state index >= 15 is 0 Å². The number of hydrogen-bond acceptors (Lipinski definition) is 9. The zero-order valence-corrected chi connectivity index (χ0v) is 21.5. The zero-order valence-electron chi connectivity index (χ0n) is 19.1. The van der Waals surface area contributed by atoms with E-state index in [0.717, 1.165) is 0 Å². The third kappa shape index (κ3) is 5.39. The lowest BCUT2D eigenvalue weighted by molar-refractivity contribution is -0.201. The van der Waals surface area contributed by atoms with Crippen LogP contribution in [0.15, 0.2) is 12.3 Å². The van der Waals surface area contributed by atoms with Crippen LogP contribution in [0.1, 0.15) is 40.8 Å². The Bertz CT molecular complexity index is 1050. The molecule has 2 aromatic heterocycles. The van der Waals surface area contributed by atoms with Crippen molar-refractivity contribution in [2.24, 2.45) is 0 Å². The molecule has 0 N–H and O–H groups in total. The number of hydrogen-bond donors (Lipinski definition) is 0. The molecule has 184 valence electrons. The molecule has 0 aliphatic carbocycles. The van der Waals surface area contributed by atoms with E-state index in [-0.39, 0.29) is 36.1 Å². The first-order valence-corrected chi connectivity index (χ1v) is 13.2. The van der Waals surface area contributed by atoms with Gasteiger partial charge in [-0.05, 0) is 52.3 Å². The molecule has 2 aromatic rings. The number of rotatable bonds is 9. The minimum Gasteiger partial charge on any atom is -0.366 e. The van der Waals surface area contributed by atoms with Gasteiger partial charge in [-0.2, -0.15) is 4.98 Å². The van der Waals surface area contributed by atoms with Gasteiger partial charge in [-0.25, -0.2) is 4.98 Å². The van der Waals surface area contributed by atoms with Crippen LogP contribution in [-0.4, -0.2) is 64.3 Å². The van der Waals surface area contributed by atoms with Gasteiger partial charge in [-0.15, -0.1) is 0 Å². The van der Waals surface area contributed by atoms with Crippen LogP contribution in [0.5, 0.6) is 0 Å². The molecule has 2 fully saturated rings. The minimum absolute atomic E-state index is 0.0302. The molecule has 2 unspecified atom stereocenters. The maximum Gasteiger partial charge on any atom is 0.356 e. The minimum atomic E-state index is -3.39. The van der Waals surface area contributed by atoms with Crippen molar-refractivity contribution in [3.05, 3.63) is 22.7 Å². The predicted octanol–water partition coefficient (Wildman–Crippen LogP) is 4.78. The lowest BCUT2D eigenvalue weighted by Crippen LogP contribution is -2.33. The Morgan fingerprint density at radius 1 is 1.24 bits per heavy atom. The van der Waals surface area contributed by atoms with Crippen molar-refractivity contribution >= 4 is 41.8 Å². The molecule has 10 nitrogen and oxygen atoms in total. The largest absolute Gasteiger partial charge is 0.366 e. The molecule has 0 spiro atoms. The molecule has 0 aromatic carbocycles. The zero-order chi connectivity index (χ0) is 24.0. The van der Waals surface area contributed by atoms with Gasteiger partial charge in [0.05, 0.1) is 24.7 Å². The van der Waals surface area contributed by atoms with Gasteiger partial charge in [0, 0.05) is 6.20 Å². The fraction of sp³-hybridized carbons (Fsp3) is 0.700. The van der Waals surface area contributed by atoms with Crippen molar-refractivity contribution in [2.45, 2.75) is 71.0 Å². The normalized spacial score (nSPS) is 28.5. The third-order valence-electron chi connectivity index (χ3n) is 5.13. The SMILES string of the molecule is CCOP(=O)(COCC1O[C@@H](n2ccc3c(Cl)nc(Cl)nc32)[C@@H]2OC(C)(C)O[C@H]12)OC(C)C. The Morgan fingerprint density at radius 2 is 1.97 bits per heavy atom. The molecule has 0 saturated carbocycles. The van der Waals surface area contributed by atoms with Crippen molar-refractivity contribution in [2.75, 3.05) is 19.6 Å². The van der Waals surface area contributed by atoms with Crippen LogP contribution in [0.2, 0.25) is 10.4 Å². The fourth-order valence-electron chi connectivity index (χ4n) is 4.09. The summed E-state index contributed by atoms with van der Waals surface area (Å²) in [6, 6.07) is 1.79. The van der Waals surface area contributed by atoms with Crippen LogP contribution in [0, 0.1) is 0 Å². The Morgan fingerprint density at radius 3 is 2.67 bits per heavy atom. The first-order valence-electron chi connectivity index (χ1n) is 10.7. The van der Waals surface area contributed by atoms with E-state index in [2.05, 4.69) is 9.97 Å². The van der Waals surface area contributed by atoms with Gasteiger partial charge < -0.3 is 32.6 Å². The quantitative estimate of drug-likeness (QED) is 0.260. The smallest absolute Gasteiger partial charge is 0.356 e. The van der Waals surface area contributed by atoms with Gasteiger partial charge in [0.1, 0.15) is 35.5 Å². The van der Waals surface area contributed by atoms with Crippen LogP contribution in [0.3, 0.4) is 0 Å². The Balaban J connectivity index is 1.53. The molecule has 0 bridgehead atoms. The Labute approximate surface area is 202 Å². The van der Waals surface area contributed by atoms with Gasteiger partial charge >= 0.3 is 7.60 Å². The van der Waals surface area contributed by atoms with Crippen LogP contribution >= 0.6 is 30.8 Å². The topological polar surface area (TPSA) is 103 Å². The maximum atomic E-state index is 12.9. The summed E-state index contributed by atoms with van der Waals surface area (Å²) in [6.45, 7) is 9.35. The fourth-order valence-corrected chi connectivity index (χ4v) is 6.09. The highest BCUT2D eigenvalue weighted by molar-refractivity contribution is 7.53. The highest BCUT2D eigenvalue weighted by Gasteiger charge is 2.56. The van der Waals surface area contributed by atoms with Crippen molar-refractivity contribution < 1.29 is 32.6 Å². The maximum absolute atomic E-state index is 12.9. The highest BCUT2D eigenvalue weighted by Crippen LogP contribution is 2.50. The molecule has 2 aliphatic rings. The summed E-state index contributed by atoms with van der Waals surface area (Å²) in [7, 11) is -3.39. The molecule has 4 rings (SSSR count). The first kappa shape index (κ1) is 25.3. The molecule has 2 saturated heterocycles. The van der Waals surface area contributed by atoms with Crippen LogP contribution in [0.25, 0.3) is 11.0 Å². The summed E-state index contributed by atoms with van der Waals surface area (Å²) in [5.41, 5.74) is 0.518. The number of ether oxygens (including phenoxy) is 4. The van der Waals surface area contributed by atoms with E-state index < -0.39 is 37.9 Å². The average Bonchev–Trinajstić information content (AvgIpc) is 3.33. The number of aromatic nitrogens is 3. The summed E-state index contributed by atoms with van der Waals surface area (Å²) < 4.78 is 49.8. The Hall–Kier alpha value is -0.810. The molecule has 4 heterocycles. The molecule has 0 amide bonds. The summed E-state index contributed by atoms with van der Waals surface area (Å²) in [5.74, 6) is -0.815. The summed E-state index contributed by atoms with van der Waals surface area (Å²) in [6.07, 6.45) is -0.610. The van der Waals surface area contributed by atoms with Gasteiger partial charge in [0.25, 0.3) is 0 Å². The van der Waals surface area contributed by atoms with E-state index in [0.29, 0.717) is 11.0 Å². The second kappa shape index (κ2) is 9.68. The second-order valence-electron chi connectivity index (χ2n) is 8.56.